The van der Waals surface area contributed by atoms with Gasteiger partial charge in [0, 0.05) is 11.6 Å². The Balaban J connectivity index is 2.01. The van der Waals surface area contributed by atoms with Gasteiger partial charge in [0.05, 0.1) is 11.3 Å². The molecule has 2 amide bonds. The van der Waals surface area contributed by atoms with E-state index in [1.807, 2.05) is 32.9 Å². The topological polar surface area (TPSA) is 84.5 Å². The van der Waals surface area contributed by atoms with Gasteiger partial charge < -0.3 is 15.4 Å². The molecule has 2 aromatic rings. The van der Waals surface area contributed by atoms with Crippen molar-refractivity contribution in [1.29, 1.82) is 0 Å². The predicted octanol–water partition coefficient (Wildman–Crippen LogP) is 3.82. The van der Waals surface area contributed by atoms with Crippen LogP contribution in [0.15, 0.2) is 48.5 Å². The molecular weight excluding hydrogens is 344 g/mol. The third-order valence-corrected chi connectivity index (χ3v) is 3.83. The van der Waals surface area contributed by atoms with E-state index in [2.05, 4.69) is 10.6 Å². The van der Waals surface area contributed by atoms with Crippen molar-refractivity contribution in [1.82, 2.24) is 5.32 Å². The summed E-state index contributed by atoms with van der Waals surface area (Å²) < 4.78 is 5.14. The molecule has 0 spiro atoms. The van der Waals surface area contributed by atoms with Gasteiger partial charge in [0.1, 0.15) is 0 Å². The Bertz CT molecular complexity index is 813. The predicted molar refractivity (Wildman–Crippen MR) is 104 cm³/mol. The molecule has 27 heavy (non-hydrogen) atoms. The van der Waals surface area contributed by atoms with Crippen LogP contribution in [0, 0.1) is 0 Å². The van der Waals surface area contributed by atoms with Gasteiger partial charge in [-0.25, -0.2) is 9.59 Å². The van der Waals surface area contributed by atoms with E-state index in [1.54, 1.807) is 30.3 Å². The fraction of sp³-hybridized carbons (Fsp3) is 0.286. The number of aryl methyl sites for hydroxylation is 1. The first-order chi connectivity index (χ1) is 12.9. The molecule has 2 N–H and O–H groups in total. The van der Waals surface area contributed by atoms with Crippen LogP contribution in [0.4, 0.5) is 10.5 Å². The summed E-state index contributed by atoms with van der Waals surface area (Å²) in [6.45, 7) is 5.33. The number of Topliss-reactive ketones (excluding diaryl/α,β-unsaturated/α-hetero) is 1. The Labute approximate surface area is 158 Å². The van der Waals surface area contributed by atoms with Crippen molar-refractivity contribution in [3.8, 4) is 0 Å². The van der Waals surface area contributed by atoms with Crippen molar-refractivity contribution in [2.24, 2.45) is 0 Å². The highest BCUT2D eigenvalue weighted by Gasteiger charge is 2.16. The molecular formula is C21H24N2O4. The second-order valence-corrected chi connectivity index (χ2v) is 6.35. The van der Waals surface area contributed by atoms with Gasteiger partial charge in [-0.05, 0) is 38.0 Å². The Morgan fingerprint density at radius 1 is 1.00 bits per heavy atom. The molecule has 0 saturated heterocycles. The number of amides is 2. The highest BCUT2D eigenvalue weighted by Crippen LogP contribution is 2.16. The number of esters is 1. The number of ether oxygens (including phenoxy) is 1. The van der Waals surface area contributed by atoms with Crippen LogP contribution in [0.2, 0.25) is 0 Å². The number of urea groups is 1. The second-order valence-electron chi connectivity index (χ2n) is 6.35. The fourth-order valence-electron chi connectivity index (χ4n) is 2.41. The van der Waals surface area contributed by atoms with Gasteiger partial charge in [-0.1, -0.05) is 43.3 Å². The lowest BCUT2D eigenvalue weighted by molar-refractivity contribution is 0.0476. The molecule has 6 nitrogen and oxygen atoms in total. The largest absolute Gasteiger partial charge is 0.454 e. The molecule has 0 aliphatic carbocycles. The average molecular weight is 368 g/mol. The molecule has 0 heterocycles. The van der Waals surface area contributed by atoms with E-state index < -0.39 is 12.0 Å². The molecule has 0 aliphatic heterocycles. The van der Waals surface area contributed by atoms with Gasteiger partial charge in [-0.3, -0.25) is 4.79 Å². The van der Waals surface area contributed by atoms with Crippen LogP contribution in [0.1, 0.15) is 47.1 Å². The van der Waals surface area contributed by atoms with E-state index in [9.17, 15) is 14.4 Å². The normalized spacial score (nSPS) is 10.4. The standard InChI is InChI=1S/C21H24N2O4/c1-4-15-9-11-16(12-10-15)19(24)13-27-20(25)17-7-5-6-8-18(17)23-21(26)22-14(2)3/h5-12,14H,4,13H2,1-3H3,(H2,22,23,26). The lowest BCUT2D eigenvalue weighted by Crippen LogP contribution is -2.34. The van der Waals surface area contributed by atoms with E-state index in [0.29, 0.717) is 11.3 Å². The van der Waals surface area contributed by atoms with E-state index in [4.69, 9.17) is 4.74 Å². The SMILES string of the molecule is CCc1ccc(C(=O)COC(=O)c2ccccc2NC(=O)NC(C)C)cc1. The highest BCUT2D eigenvalue weighted by molar-refractivity contribution is 6.03. The van der Waals surface area contributed by atoms with Crippen molar-refractivity contribution in [2.45, 2.75) is 33.2 Å². The number of anilines is 1. The number of hydrogen-bond donors (Lipinski definition) is 2. The van der Waals surface area contributed by atoms with E-state index in [1.165, 1.54) is 6.07 Å². The molecule has 0 saturated carbocycles. The average Bonchev–Trinajstić information content (AvgIpc) is 2.65. The van der Waals surface area contributed by atoms with Gasteiger partial charge in [-0.15, -0.1) is 0 Å². The number of carbonyl (C=O) groups is 3. The first kappa shape index (κ1) is 20.2. The number of para-hydroxylation sites is 1. The van der Waals surface area contributed by atoms with Crippen LogP contribution in [0.3, 0.4) is 0 Å². The van der Waals surface area contributed by atoms with Crippen molar-refractivity contribution in [2.75, 3.05) is 11.9 Å². The van der Waals surface area contributed by atoms with Crippen molar-refractivity contribution < 1.29 is 19.1 Å². The number of nitrogens with one attached hydrogen (secondary N) is 2. The maximum Gasteiger partial charge on any atom is 0.340 e. The van der Waals surface area contributed by atoms with E-state index >= 15 is 0 Å². The third-order valence-electron chi connectivity index (χ3n) is 3.83. The van der Waals surface area contributed by atoms with E-state index in [0.717, 1.165) is 12.0 Å². The van der Waals surface area contributed by atoms with Crippen molar-refractivity contribution in [3.63, 3.8) is 0 Å². The highest BCUT2D eigenvalue weighted by atomic mass is 16.5. The molecule has 2 aromatic carbocycles. The Morgan fingerprint density at radius 3 is 2.30 bits per heavy atom. The van der Waals surface area contributed by atoms with Crippen molar-refractivity contribution in [3.05, 3.63) is 65.2 Å². The smallest absolute Gasteiger partial charge is 0.340 e. The quantitative estimate of drug-likeness (QED) is 0.575. The summed E-state index contributed by atoms with van der Waals surface area (Å²) in [5.74, 6) is -0.956. The summed E-state index contributed by atoms with van der Waals surface area (Å²) in [6.07, 6.45) is 0.887. The van der Waals surface area contributed by atoms with E-state index in [-0.39, 0.29) is 24.0 Å². The molecule has 0 radical (unpaired) electrons. The summed E-state index contributed by atoms with van der Waals surface area (Å²) in [4.78, 5) is 36.4. The number of carbonyl (C=O) groups excluding carboxylic acids is 3. The second kappa shape index (κ2) is 9.52. The fourth-order valence-corrected chi connectivity index (χ4v) is 2.41. The summed E-state index contributed by atoms with van der Waals surface area (Å²) in [6, 6.07) is 13.2. The van der Waals surface area contributed by atoms with Gasteiger partial charge in [-0.2, -0.15) is 0 Å². The van der Waals surface area contributed by atoms with Crippen LogP contribution in [-0.2, 0) is 11.2 Å². The zero-order chi connectivity index (χ0) is 19.8. The molecule has 0 fully saturated rings. The number of ketones is 1. The lowest BCUT2D eigenvalue weighted by Gasteiger charge is -2.13. The minimum Gasteiger partial charge on any atom is -0.454 e. The Hall–Kier alpha value is -3.15. The van der Waals surface area contributed by atoms with Crippen LogP contribution in [0.25, 0.3) is 0 Å². The summed E-state index contributed by atoms with van der Waals surface area (Å²) in [5.41, 5.74) is 2.12. The minimum atomic E-state index is -0.672. The monoisotopic (exact) mass is 368 g/mol. The number of benzene rings is 2. The molecule has 0 aromatic heterocycles. The summed E-state index contributed by atoms with van der Waals surface area (Å²) in [5, 5.41) is 5.30. The molecule has 2 rings (SSSR count). The maximum absolute atomic E-state index is 12.4. The number of rotatable bonds is 7. The molecule has 0 aliphatic rings. The van der Waals surface area contributed by atoms with Crippen LogP contribution in [0.5, 0.6) is 0 Å². The van der Waals surface area contributed by atoms with Crippen LogP contribution < -0.4 is 10.6 Å². The lowest BCUT2D eigenvalue weighted by atomic mass is 10.1. The van der Waals surface area contributed by atoms with Crippen molar-refractivity contribution >= 4 is 23.5 Å². The summed E-state index contributed by atoms with van der Waals surface area (Å²) in [7, 11) is 0. The summed E-state index contributed by atoms with van der Waals surface area (Å²) >= 11 is 0. The maximum atomic E-state index is 12.4. The number of hydrogen-bond acceptors (Lipinski definition) is 4. The van der Waals surface area contributed by atoms with Crippen LogP contribution in [-0.4, -0.2) is 30.4 Å². The van der Waals surface area contributed by atoms with Gasteiger partial charge in [0.2, 0.25) is 0 Å². The van der Waals surface area contributed by atoms with Crippen LogP contribution >= 0.6 is 0 Å². The van der Waals surface area contributed by atoms with Gasteiger partial charge in [0.25, 0.3) is 0 Å². The molecule has 0 unspecified atom stereocenters. The first-order valence-electron chi connectivity index (χ1n) is 8.86. The zero-order valence-corrected chi connectivity index (χ0v) is 15.7. The third kappa shape index (κ3) is 5.95. The minimum absolute atomic E-state index is 0.0409. The Morgan fingerprint density at radius 2 is 1.67 bits per heavy atom. The molecule has 142 valence electrons. The molecule has 6 heteroatoms. The van der Waals surface area contributed by atoms with Gasteiger partial charge in [0.15, 0.2) is 12.4 Å². The molecule has 0 atom stereocenters. The van der Waals surface area contributed by atoms with Gasteiger partial charge >= 0.3 is 12.0 Å². The molecule has 0 bridgehead atoms. The first-order valence-corrected chi connectivity index (χ1v) is 8.86. The Kier molecular flexibility index (Phi) is 7.11. The zero-order valence-electron chi connectivity index (χ0n) is 15.7.